The molecule has 0 saturated carbocycles. The Balaban J connectivity index is 3.27. The van der Waals surface area contributed by atoms with Gasteiger partial charge < -0.3 is 15.3 Å². The summed E-state index contributed by atoms with van der Waals surface area (Å²) in [6.45, 7) is 0. The van der Waals surface area contributed by atoms with Crippen LogP contribution < -0.4 is 0 Å². The lowest BCUT2D eigenvalue weighted by Gasteiger charge is -2.17. The fourth-order valence-corrected chi connectivity index (χ4v) is 1.56. The van der Waals surface area contributed by atoms with E-state index in [-0.39, 0.29) is 11.4 Å². The van der Waals surface area contributed by atoms with E-state index >= 15 is 0 Å². The average Bonchev–Trinajstić information content (AvgIpc) is 2.35. The van der Waals surface area contributed by atoms with Crippen LogP contribution in [0.25, 0.3) is 0 Å². The van der Waals surface area contributed by atoms with Crippen molar-refractivity contribution in [3.63, 3.8) is 0 Å². The minimum absolute atomic E-state index is 0.124. The highest BCUT2D eigenvalue weighted by Gasteiger charge is 2.25. The quantitative estimate of drug-likeness (QED) is 0.417. The van der Waals surface area contributed by atoms with Crippen LogP contribution in [-0.4, -0.2) is 38.2 Å². The zero-order valence-corrected chi connectivity index (χ0v) is 9.74. The van der Waals surface area contributed by atoms with Crippen LogP contribution in [0.3, 0.4) is 0 Å². The number of aliphatic hydroxyl groups is 2. The monoisotopic (exact) mass is 275 g/mol. The number of hydrogen-bond donors (Lipinski definition) is 3. The van der Waals surface area contributed by atoms with Gasteiger partial charge in [-0.1, -0.05) is 0 Å². The standard InChI is InChI=1S/C10H10ClNO6/c11-4-8(13)9(14)6-2-1-5(12(17)18)3-7(6)10(15)16/h1-3,8-9,13-14H,4H2,(H,15,16). The Labute approximate surface area is 106 Å². The summed E-state index contributed by atoms with van der Waals surface area (Å²) in [5, 5.41) is 38.5. The van der Waals surface area contributed by atoms with Crippen LogP contribution in [-0.2, 0) is 0 Å². The molecule has 0 aliphatic carbocycles. The molecule has 0 aliphatic rings. The van der Waals surface area contributed by atoms with Crippen LogP contribution in [0, 0.1) is 10.1 Å². The van der Waals surface area contributed by atoms with Crippen molar-refractivity contribution in [2.24, 2.45) is 0 Å². The van der Waals surface area contributed by atoms with Gasteiger partial charge in [-0.15, -0.1) is 11.6 Å². The van der Waals surface area contributed by atoms with E-state index in [0.29, 0.717) is 0 Å². The minimum atomic E-state index is -1.52. The molecular formula is C10H10ClNO6. The highest BCUT2D eigenvalue weighted by Crippen LogP contribution is 2.25. The van der Waals surface area contributed by atoms with E-state index in [9.17, 15) is 25.1 Å². The van der Waals surface area contributed by atoms with Crippen molar-refractivity contribution >= 4 is 23.3 Å². The van der Waals surface area contributed by atoms with Gasteiger partial charge in [0.25, 0.3) is 5.69 Å². The predicted molar refractivity (Wildman–Crippen MR) is 61.7 cm³/mol. The highest BCUT2D eigenvalue weighted by molar-refractivity contribution is 6.18. The largest absolute Gasteiger partial charge is 0.478 e. The molecule has 0 fully saturated rings. The lowest BCUT2D eigenvalue weighted by atomic mass is 9.98. The van der Waals surface area contributed by atoms with Crippen LogP contribution in [0.4, 0.5) is 5.69 Å². The lowest BCUT2D eigenvalue weighted by Crippen LogP contribution is -2.22. The number of carboxylic acids is 1. The number of halogens is 1. The zero-order valence-electron chi connectivity index (χ0n) is 8.99. The van der Waals surface area contributed by atoms with Crippen molar-refractivity contribution in [3.05, 3.63) is 39.4 Å². The summed E-state index contributed by atoms with van der Waals surface area (Å²) in [6.07, 6.45) is -2.87. The van der Waals surface area contributed by atoms with E-state index in [1.165, 1.54) is 0 Å². The molecule has 1 aromatic carbocycles. The molecule has 8 heteroatoms. The van der Waals surface area contributed by atoms with Crippen molar-refractivity contribution < 1.29 is 25.0 Å². The molecule has 0 aromatic heterocycles. The van der Waals surface area contributed by atoms with Gasteiger partial charge in [-0.2, -0.15) is 0 Å². The number of nitro groups is 1. The third-order valence-electron chi connectivity index (χ3n) is 2.32. The molecule has 0 spiro atoms. The Morgan fingerprint density at radius 3 is 2.50 bits per heavy atom. The van der Waals surface area contributed by atoms with E-state index in [1.54, 1.807) is 0 Å². The van der Waals surface area contributed by atoms with Gasteiger partial charge in [-0.25, -0.2) is 4.79 Å². The molecule has 0 bridgehead atoms. The normalized spacial score (nSPS) is 13.9. The van der Waals surface area contributed by atoms with Crippen LogP contribution in [0.1, 0.15) is 22.0 Å². The number of hydrogen-bond acceptors (Lipinski definition) is 5. The molecule has 1 aromatic rings. The Morgan fingerprint density at radius 1 is 1.44 bits per heavy atom. The van der Waals surface area contributed by atoms with Gasteiger partial charge in [0.2, 0.25) is 0 Å². The number of carboxylic acid groups (broad SMARTS) is 1. The van der Waals surface area contributed by atoms with Crippen molar-refractivity contribution in [2.75, 3.05) is 5.88 Å². The van der Waals surface area contributed by atoms with Gasteiger partial charge in [0.05, 0.1) is 22.5 Å². The molecular weight excluding hydrogens is 266 g/mol. The minimum Gasteiger partial charge on any atom is -0.478 e. The molecule has 0 amide bonds. The molecule has 3 N–H and O–H groups in total. The average molecular weight is 276 g/mol. The van der Waals surface area contributed by atoms with Crippen LogP contribution in [0.5, 0.6) is 0 Å². The van der Waals surface area contributed by atoms with Gasteiger partial charge in [0.15, 0.2) is 0 Å². The van der Waals surface area contributed by atoms with Crippen molar-refractivity contribution in [1.82, 2.24) is 0 Å². The second-order valence-electron chi connectivity index (χ2n) is 3.50. The van der Waals surface area contributed by atoms with Gasteiger partial charge >= 0.3 is 5.97 Å². The smallest absolute Gasteiger partial charge is 0.336 e. The van der Waals surface area contributed by atoms with Gasteiger partial charge in [0, 0.05) is 12.1 Å². The zero-order chi connectivity index (χ0) is 13.9. The second-order valence-corrected chi connectivity index (χ2v) is 3.81. The topological polar surface area (TPSA) is 121 Å². The van der Waals surface area contributed by atoms with E-state index < -0.39 is 34.4 Å². The number of non-ortho nitro benzene ring substituents is 1. The molecule has 7 nitrogen and oxygen atoms in total. The fourth-order valence-electron chi connectivity index (χ4n) is 1.39. The Morgan fingerprint density at radius 2 is 2.06 bits per heavy atom. The summed E-state index contributed by atoms with van der Waals surface area (Å²) >= 11 is 5.34. The van der Waals surface area contributed by atoms with Crippen LogP contribution in [0.2, 0.25) is 0 Å². The molecule has 0 saturated heterocycles. The summed E-state index contributed by atoms with van der Waals surface area (Å²) in [4.78, 5) is 20.7. The molecule has 18 heavy (non-hydrogen) atoms. The summed E-state index contributed by atoms with van der Waals surface area (Å²) in [5.74, 6) is -1.73. The number of benzene rings is 1. The van der Waals surface area contributed by atoms with Crippen LogP contribution >= 0.6 is 11.6 Å². The Bertz CT molecular complexity index is 477. The maximum absolute atomic E-state index is 11.0. The van der Waals surface area contributed by atoms with E-state index in [2.05, 4.69) is 0 Å². The van der Waals surface area contributed by atoms with Gasteiger partial charge in [-0.05, 0) is 11.6 Å². The molecule has 98 valence electrons. The van der Waals surface area contributed by atoms with Gasteiger partial charge in [-0.3, -0.25) is 10.1 Å². The number of nitrogens with zero attached hydrogens (tertiary/aromatic N) is 1. The molecule has 2 unspecified atom stereocenters. The van der Waals surface area contributed by atoms with E-state index in [4.69, 9.17) is 16.7 Å². The first-order valence-electron chi connectivity index (χ1n) is 4.82. The third kappa shape index (κ3) is 2.95. The SMILES string of the molecule is O=C(O)c1cc([N+](=O)[O-])ccc1C(O)C(O)CCl. The van der Waals surface area contributed by atoms with E-state index in [1.807, 2.05) is 0 Å². The summed E-state index contributed by atoms with van der Waals surface area (Å²) in [5.41, 5.74) is -0.981. The maximum Gasteiger partial charge on any atom is 0.336 e. The number of carbonyl (C=O) groups is 1. The van der Waals surface area contributed by atoms with Gasteiger partial charge in [0.1, 0.15) is 6.10 Å². The summed E-state index contributed by atoms with van der Waals surface area (Å²) in [6, 6.07) is 2.95. The first kappa shape index (κ1) is 14.4. The Kier molecular flexibility index (Phi) is 4.60. The summed E-state index contributed by atoms with van der Waals surface area (Å²) < 4.78 is 0. The molecule has 0 aliphatic heterocycles. The fraction of sp³-hybridized carbons (Fsp3) is 0.300. The lowest BCUT2D eigenvalue weighted by molar-refractivity contribution is -0.384. The number of aliphatic hydroxyl groups excluding tert-OH is 2. The molecule has 1 rings (SSSR count). The maximum atomic E-state index is 11.0. The highest BCUT2D eigenvalue weighted by atomic mass is 35.5. The molecule has 0 radical (unpaired) electrons. The third-order valence-corrected chi connectivity index (χ3v) is 2.64. The van der Waals surface area contributed by atoms with Crippen molar-refractivity contribution in [1.29, 1.82) is 0 Å². The van der Waals surface area contributed by atoms with Crippen molar-refractivity contribution in [3.8, 4) is 0 Å². The second kappa shape index (κ2) is 5.76. The number of alkyl halides is 1. The first-order valence-corrected chi connectivity index (χ1v) is 5.35. The first-order chi connectivity index (χ1) is 8.38. The number of nitro benzene ring substituents is 1. The molecule has 2 atom stereocenters. The number of rotatable bonds is 5. The predicted octanol–water partition coefficient (Wildman–Crippen LogP) is 0.926. The van der Waals surface area contributed by atoms with E-state index in [0.717, 1.165) is 18.2 Å². The van der Waals surface area contributed by atoms with Crippen LogP contribution in [0.15, 0.2) is 18.2 Å². The van der Waals surface area contributed by atoms with Crippen molar-refractivity contribution in [2.45, 2.75) is 12.2 Å². The molecule has 0 heterocycles. The summed E-state index contributed by atoms with van der Waals surface area (Å²) in [7, 11) is 0. The number of aromatic carboxylic acids is 1. The Hall–Kier alpha value is -1.70.